The summed E-state index contributed by atoms with van der Waals surface area (Å²) in [4.78, 5) is 11.9. The van der Waals surface area contributed by atoms with E-state index in [1.165, 1.54) is 0 Å². The number of alkyl halides is 3. The highest BCUT2D eigenvalue weighted by Crippen LogP contribution is 2.25. The molecule has 1 unspecified atom stereocenters. The maximum atomic E-state index is 12.4. The minimum Gasteiger partial charge on any atom is -0.367 e. The molecule has 0 spiro atoms. The number of carbonyl (C=O) groups excluding carboxylic acids is 1. The summed E-state index contributed by atoms with van der Waals surface area (Å²) in [7, 11) is 0. The van der Waals surface area contributed by atoms with Gasteiger partial charge in [-0.1, -0.05) is 0 Å². The molecular weight excluding hydrogens is 213 g/mol. The fourth-order valence-corrected chi connectivity index (χ4v) is 1.40. The van der Waals surface area contributed by atoms with Gasteiger partial charge in [-0.15, -0.1) is 0 Å². The summed E-state index contributed by atoms with van der Waals surface area (Å²) in [5, 5.41) is 0. The van der Waals surface area contributed by atoms with Gasteiger partial charge in [-0.2, -0.15) is 13.2 Å². The Morgan fingerprint density at radius 1 is 1.60 bits per heavy atom. The number of rotatable bonds is 2. The minimum atomic E-state index is -4.29. The molecule has 1 amide bonds. The van der Waals surface area contributed by atoms with E-state index in [2.05, 4.69) is 0 Å². The number of carbonyl (C=O) groups is 1. The number of hydrogen-bond acceptors (Lipinski definition) is 3. The summed E-state index contributed by atoms with van der Waals surface area (Å²) < 4.78 is 42.0. The molecule has 4 nitrogen and oxygen atoms in total. The zero-order valence-electron chi connectivity index (χ0n) is 8.25. The van der Waals surface area contributed by atoms with Crippen molar-refractivity contribution in [2.45, 2.75) is 25.2 Å². The number of hydrogen-bond donors (Lipinski definition) is 1. The Labute approximate surface area is 85.2 Å². The van der Waals surface area contributed by atoms with Crippen LogP contribution in [0.5, 0.6) is 0 Å². The fraction of sp³-hybridized carbons (Fsp3) is 0.875. The molecule has 88 valence electrons. The van der Waals surface area contributed by atoms with E-state index >= 15 is 0 Å². The van der Waals surface area contributed by atoms with Gasteiger partial charge in [0.2, 0.25) is 5.91 Å². The normalized spacial score (nSPS) is 26.3. The molecule has 0 bridgehead atoms. The highest BCUT2D eigenvalue weighted by Gasteiger charge is 2.42. The first kappa shape index (κ1) is 12.3. The monoisotopic (exact) mass is 226 g/mol. The first-order chi connectivity index (χ1) is 6.82. The van der Waals surface area contributed by atoms with Crippen LogP contribution in [0.25, 0.3) is 0 Å². The number of ether oxygens (including phenoxy) is 1. The average molecular weight is 226 g/mol. The summed E-state index contributed by atoms with van der Waals surface area (Å²) in [6, 6.07) is -1.58. The number of nitrogens with zero attached hydrogens (tertiary/aromatic N) is 1. The maximum absolute atomic E-state index is 12.4. The third-order valence-electron chi connectivity index (χ3n) is 2.44. The van der Waals surface area contributed by atoms with Crippen LogP contribution in [0.2, 0.25) is 0 Å². The zero-order chi connectivity index (χ0) is 11.6. The van der Waals surface area contributed by atoms with Crippen molar-refractivity contribution in [1.29, 1.82) is 0 Å². The van der Waals surface area contributed by atoms with Crippen LogP contribution in [0.3, 0.4) is 0 Å². The maximum Gasteiger partial charge on any atom is 0.403 e. The second-order valence-electron chi connectivity index (χ2n) is 3.47. The summed E-state index contributed by atoms with van der Waals surface area (Å²) in [5.74, 6) is -0.728. The van der Waals surface area contributed by atoms with Crippen molar-refractivity contribution in [3.05, 3.63) is 0 Å². The summed E-state index contributed by atoms with van der Waals surface area (Å²) in [6.45, 7) is 1.21. The predicted octanol–water partition coefficient (Wildman–Crippen LogP) is 0.123. The summed E-state index contributed by atoms with van der Waals surface area (Å²) >= 11 is 0. The molecule has 0 aromatic heterocycles. The lowest BCUT2D eigenvalue weighted by atomic mass is 10.2. The molecule has 2 N–H and O–H groups in total. The van der Waals surface area contributed by atoms with Crippen LogP contribution in [-0.4, -0.2) is 48.8 Å². The van der Waals surface area contributed by atoms with Crippen molar-refractivity contribution in [2.24, 2.45) is 5.73 Å². The first-order valence-electron chi connectivity index (χ1n) is 4.54. The van der Waals surface area contributed by atoms with Crippen molar-refractivity contribution in [3.63, 3.8) is 0 Å². The van der Waals surface area contributed by atoms with Gasteiger partial charge in [0, 0.05) is 13.1 Å². The van der Waals surface area contributed by atoms with Crippen LogP contribution in [0.15, 0.2) is 0 Å². The van der Waals surface area contributed by atoms with Crippen molar-refractivity contribution < 1.29 is 22.7 Å². The van der Waals surface area contributed by atoms with Gasteiger partial charge in [-0.05, 0) is 6.92 Å². The minimum absolute atomic E-state index is 0.0913. The SMILES string of the molecule is C[C@@H](N1CCOC(C(N)=O)C1)C(F)(F)F. The van der Waals surface area contributed by atoms with Crippen molar-refractivity contribution in [3.8, 4) is 0 Å². The lowest BCUT2D eigenvalue weighted by Gasteiger charge is -2.36. The molecule has 0 aliphatic carbocycles. The number of amides is 1. The molecule has 0 aromatic rings. The van der Waals surface area contributed by atoms with Gasteiger partial charge >= 0.3 is 6.18 Å². The van der Waals surface area contributed by atoms with E-state index < -0.39 is 24.2 Å². The molecule has 2 atom stereocenters. The molecular formula is C8H13F3N2O2. The highest BCUT2D eigenvalue weighted by atomic mass is 19.4. The van der Waals surface area contributed by atoms with Crippen LogP contribution >= 0.6 is 0 Å². The van der Waals surface area contributed by atoms with E-state index in [-0.39, 0.29) is 19.7 Å². The van der Waals surface area contributed by atoms with Gasteiger partial charge in [0.1, 0.15) is 12.1 Å². The molecule has 0 aromatic carbocycles. The van der Waals surface area contributed by atoms with E-state index in [9.17, 15) is 18.0 Å². The first-order valence-corrected chi connectivity index (χ1v) is 4.54. The molecule has 15 heavy (non-hydrogen) atoms. The van der Waals surface area contributed by atoms with E-state index in [1.54, 1.807) is 0 Å². The largest absolute Gasteiger partial charge is 0.403 e. The molecule has 0 saturated carbocycles. The number of nitrogens with two attached hydrogens (primary N) is 1. The topological polar surface area (TPSA) is 55.6 Å². The second-order valence-corrected chi connectivity index (χ2v) is 3.47. The Bertz CT molecular complexity index is 245. The van der Waals surface area contributed by atoms with Crippen LogP contribution < -0.4 is 5.73 Å². The Morgan fingerprint density at radius 2 is 2.20 bits per heavy atom. The van der Waals surface area contributed by atoms with Crippen LogP contribution in [0.4, 0.5) is 13.2 Å². The Hall–Kier alpha value is -0.820. The van der Waals surface area contributed by atoms with Gasteiger partial charge in [-0.3, -0.25) is 9.69 Å². The van der Waals surface area contributed by atoms with Gasteiger partial charge in [-0.25, -0.2) is 0 Å². The third-order valence-corrected chi connectivity index (χ3v) is 2.44. The molecule has 1 saturated heterocycles. The standard InChI is InChI=1S/C8H13F3N2O2/c1-5(8(9,10)11)13-2-3-15-6(4-13)7(12)14/h5-6H,2-4H2,1H3,(H2,12,14)/t5-,6?/m1/s1. The molecule has 7 heteroatoms. The predicted molar refractivity (Wildman–Crippen MR) is 46.0 cm³/mol. The Balaban J connectivity index is 2.60. The van der Waals surface area contributed by atoms with Crippen LogP contribution in [0, 0.1) is 0 Å². The average Bonchev–Trinajstić information content (AvgIpc) is 2.15. The van der Waals surface area contributed by atoms with Gasteiger partial charge in [0.25, 0.3) is 0 Å². The quantitative estimate of drug-likeness (QED) is 0.727. The van der Waals surface area contributed by atoms with E-state index in [0.29, 0.717) is 0 Å². The smallest absolute Gasteiger partial charge is 0.367 e. The Kier molecular flexibility index (Phi) is 3.56. The third kappa shape index (κ3) is 3.07. The van der Waals surface area contributed by atoms with E-state index in [4.69, 9.17) is 10.5 Å². The Morgan fingerprint density at radius 3 is 2.67 bits per heavy atom. The van der Waals surface area contributed by atoms with Crippen LogP contribution in [-0.2, 0) is 9.53 Å². The fourth-order valence-electron chi connectivity index (χ4n) is 1.40. The van der Waals surface area contributed by atoms with E-state index in [1.807, 2.05) is 0 Å². The zero-order valence-corrected chi connectivity index (χ0v) is 8.25. The highest BCUT2D eigenvalue weighted by molar-refractivity contribution is 5.79. The van der Waals surface area contributed by atoms with Crippen molar-refractivity contribution >= 4 is 5.91 Å². The lowest BCUT2D eigenvalue weighted by molar-refractivity contribution is -0.193. The number of halogens is 3. The summed E-state index contributed by atoms with van der Waals surface area (Å²) in [6.07, 6.45) is -5.23. The molecule has 1 aliphatic rings. The second kappa shape index (κ2) is 4.36. The molecule has 1 fully saturated rings. The summed E-state index contributed by atoms with van der Waals surface area (Å²) in [5.41, 5.74) is 4.97. The number of primary amides is 1. The van der Waals surface area contributed by atoms with Gasteiger partial charge in [0.05, 0.1) is 6.61 Å². The van der Waals surface area contributed by atoms with Gasteiger partial charge in [0.15, 0.2) is 0 Å². The molecule has 1 rings (SSSR count). The number of morpholine rings is 1. The van der Waals surface area contributed by atoms with Crippen LogP contribution in [0.1, 0.15) is 6.92 Å². The molecule has 1 heterocycles. The molecule has 0 radical (unpaired) electrons. The van der Waals surface area contributed by atoms with Crippen molar-refractivity contribution in [2.75, 3.05) is 19.7 Å². The van der Waals surface area contributed by atoms with Gasteiger partial charge < -0.3 is 10.5 Å². The lowest BCUT2D eigenvalue weighted by Crippen LogP contribution is -2.54. The van der Waals surface area contributed by atoms with Crippen molar-refractivity contribution in [1.82, 2.24) is 4.90 Å². The molecule has 1 aliphatic heterocycles. The van der Waals surface area contributed by atoms with E-state index in [0.717, 1.165) is 11.8 Å².